The van der Waals surface area contributed by atoms with Crippen LogP contribution in [0.15, 0.2) is 70.8 Å². The maximum absolute atomic E-state index is 14.2. The largest absolute Gasteiger partial charge is 0.494 e. The van der Waals surface area contributed by atoms with Crippen LogP contribution in [-0.4, -0.2) is 63.1 Å². The molecule has 2 N–H and O–H groups in total. The van der Waals surface area contributed by atoms with Gasteiger partial charge in [-0.25, -0.2) is 4.99 Å². The molecular formula is C32H37N5O7. The Morgan fingerprint density at radius 3 is 2.36 bits per heavy atom. The number of methoxy groups -OCH3 is 3. The van der Waals surface area contributed by atoms with Gasteiger partial charge in [-0.3, -0.25) is 4.79 Å². The molecule has 0 bridgehead atoms. The first-order valence-electron chi connectivity index (χ1n) is 14.1. The topological polar surface area (TPSA) is 157 Å². The highest BCUT2D eigenvalue weighted by atomic mass is 16.5. The molecule has 4 rings (SSSR count). The lowest BCUT2D eigenvalue weighted by Gasteiger charge is -2.29. The molecule has 0 radical (unpaired) electrons. The molecule has 2 atom stereocenters. The van der Waals surface area contributed by atoms with Gasteiger partial charge in [-0.2, -0.15) is 0 Å². The molecule has 0 unspecified atom stereocenters. The van der Waals surface area contributed by atoms with Crippen molar-refractivity contribution in [1.82, 2.24) is 5.32 Å². The molecule has 44 heavy (non-hydrogen) atoms. The fraction of sp³-hybridized carbons (Fsp3) is 0.375. The van der Waals surface area contributed by atoms with Gasteiger partial charge in [-0.15, -0.1) is 0 Å². The average molecular weight is 604 g/mol. The van der Waals surface area contributed by atoms with Gasteiger partial charge in [-0.05, 0) is 65.5 Å². The van der Waals surface area contributed by atoms with E-state index in [0.717, 1.165) is 16.7 Å². The number of amides is 1. The first-order chi connectivity index (χ1) is 21.4. The number of ether oxygens (including phenoxy) is 5. The van der Waals surface area contributed by atoms with Gasteiger partial charge in [0.2, 0.25) is 11.6 Å². The molecule has 12 nitrogen and oxygen atoms in total. The van der Waals surface area contributed by atoms with E-state index in [1.165, 1.54) is 21.3 Å². The third kappa shape index (κ3) is 7.16. The summed E-state index contributed by atoms with van der Waals surface area (Å²) >= 11 is 0. The third-order valence-corrected chi connectivity index (χ3v) is 7.39. The van der Waals surface area contributed by atoms with Crippen LogP contribution in [0.5, 0.6) is 23.0 Å². The number of nitrogens with zero attached hydrogens (tertiary/aromatic N) is 4. The molecule has 3 aromatic rings. The lowest BCUT2D eigenvalue weighted by atomic mass is 9.84. The van der Waals surface area contributed by atoms with Crippen molar-refractivity contribution in [2.45, 2.75) is 44.5 Å². The van der Waals surface area contributed by atoms with Crippen LogP contribution in [0, 0.1) is 0 Å². The summed E-state index contributed by atoms with van der Waals surface area (Å²) in [6, 6.07) is 18.3. The number of azide groups is 1. The van der Waals surface area contributed by atoms with Crippen molar-refractivity contribution in [3.05, 3.63) is 93.4 Å². The molecule has 1 aliphatic heterocycles. The summed E-state index contributed by atoms with van der Waals surface area (Å²) in [5.41, 5.74) is 10.6. The summed E-state index contributed by atoms with van der Waals surface area (Å²) in [4.78, 5) is 22.0. The molecule has 1 amide bonds. The number of benzene rings is 3. The summed E-state index contributed by atoms with van der Waals surface area (Å²) in [7, 11) is 4.59. The van der Waals surface area contributed by atoms with Crippen LogP contribution < -0.4 is 24.3 Å². The minimum atomic E-state index is -1.33. The van der Waals surface area contributed by atoms with Crippen LogP contribution >= 0.6 is 0 Å². The van der Waals surface area contributed by atoms with E-state index in [9.17, 15) is 4.79 Å². The third-order valence-electron chi connectivity index (χ3n) is 7.39. The molecule has 0 saturated carbocycles. The minimum absolute atomic E-state index is 0.0519. The minimum Gasteiger partial charge on any atom is -0.494 e. The second kappa shape index (κ2) is 15.0. The van der Waals surface area contributed by atoms with Gasteiger partial charge in [0.05, 0.1) is 34.5 Å². The first-order valence-corrected chi connectivity index (χ1v) is 14.1. The van der Waals surface area contributed by atoms with Crippen LogP contribution in [0.3, 0.4) is 0 Å². The van der Waals surface area contributed by atoms with Crippen molar-refractivity contribution in [1.29, 1.82) is 0 Å². The van der Waals surface area contributed by atoms with Crippen molar-refractivity contribution in [2.75, 3.05) is 34.5 Å². The lowest BCUT2D eigenvalue weighted by molar-refractivity contribution is -0.128. The molecule has 1 heterocycles. The molecule has 0 spiro atoms. The number of nitrogens with one attached hydrogen (secondary N) is 1. The van der Waals surface area contributed by atoms with Crippen molar-refractivity contribution >= 4 is 11.8 Å². The smallest absolute Gasteiger partial charge is 0.252 e. The van der Waals surface area contributed by atoms with Crippen molar-refractivity contribution in [3.8, 4) is 23.0 Å². The second-order valence-electron chi connectivity index (χ2n) is 10.1. The monoisotopic (exact) mass is 603 g/mol. The zero-order valence-corrected chi connectivity index (χ0v) is 25.3. The Morgan fingerprint density at radius 2 is 1.75 bits per heavy atom. The van der Waals surface area contributed by atoms with Crippen molar-refractivity contribution < 1.29 is 33.6 Å². The molecular weight excluding hydrogens is 566 g/mol. The summed E-state index contributed by atoms with van der Waals surface area (Å²) in [5, 5.41) is 15.8. The highest BCUT2D eigenvalue weighted by Crippen LogP contribution is 2.38. The quantitative estimate of drug-likeness (QED) is 0.110. The maximum Gasteiger partial charge on any atom is 0.252 e. The number of hydrogen-bond donors (Lipinski definition) is 2. The van der Waals surface area contributed by atoms with E-state index in [1.54, 1.807) is 24.3 Å². The Kier molecular flexibility index (Phi) is 10.9. The summed E-state index contributed by atoms with van der Waals surface area (Å²) in [6.07, 6.45) is 0.104. The number of carbonyl (C=O) groups excluding carboxylic acids is 1. The van der Waals surface area contributed by atoms with Crippen molar-refractivity contribution in [2.24, 2.45) is 10.1 Å². The molecule has 0 fully saturated rings. The SMILES string of the molecule is COc1cc(CNC(=O)[C@]2(Cc3ccccc3CN=[N+]=[N-])N=C(c3ccc(OCCCO)cc3)O[C@@H]2C)cc(OC)c1OC. The molecule has 0 aromatic heterocycles. The van der Waals surface area contributed by atoms with Gasteiger partial charge in [0.25, 0.3) is 5.91 Å². The van der Waals surface area contributed by atoms with E-state index in [1.807, 2.05) is 43.3 Å². The lowest BCUT2D eigenvalue weighted by Crippen LogP contribution is -2.52. The Labute approximate surface area is 256 Å². The van der Waals surface area contributed by atoms with E-state index in [4.69, 9.17) is 39.3 Å². The van der Waals surface area contributed by atoms with E-state index >= 15 is 0 Å². The molecule has 3 aromatic carbocycles. The molecule has 12 heteroatoms. The summed E-state index contributed by atoms with van der Waals surface area (Å²) in [5.74, 6) is 2.04. The number of aliphatic imine (C=N–C) groups is 1. The van der Waals surface area contributed by atoms with Gasteiger partial charge in [0, 0.05) is 36.5 Å². The van der Waals surface area contributed by atoms with Crippen LogP contribution in [0.4, 0.5) is 0 Å². The predicted molar refractivity (Wildman–Crippen MR) is 164 cm³/mol. The summed E-state index contributed by atoms with van der Waals surface area (Å²) < 4.78 is 28.3. The highest BCUT2D eigenvalue weighted by Gasteiger charge is 2.50. The fourth-order valence-electron chi connectivity index (χ4n) is 5.00. The predicted octanol–water partition coefficient (Wildman–Crippen LogP) is 4.75. The van der Waals surface area contributed by atoms with E-state index in [0.29, 0.717) is 47.5 Å². The fourth-order valence-corrected chi connectivity index (χ4v) is 5.00. The zero-order valence-electron chi connectivity index (χ0n) is 25.3. The van der Waals surface area contributed by atoms with Gasteiger partial charge in [0.15, 0.2) is 17.0 Å². The van der Waals surface area contributed by atoms with Crippen LogP contribution in [0.1, 0.15) is 35.6 Å². The van der Waals surface area contributed by atoms with E-state index in [2.05, 4.69) is 15.3 Å². The van der Waals surface area contributed by atoms with Crippen LogP contribution in [0.25, 0.3) is 10.4 Å². The van der Waals surface area contributed by atoms with Gasteiger partial charge in [-0.1, -0.05) is 29.4 Å². The Bertz CT molecular complexity index is 1500. The van der Waals surface area contributed by atoms with Gasteiger partial charge in [0.1, 0.15) is 11.9 Å². The molecule has 232 valence electrons. The number of hydrogen-bond acceptors (Lipinski definition) is 9. The molecule has 0 saturated heterocycles. The summed E-state index contributed by atoms with van der Waals surface area (Å²) in [6.45, 7) is 2.57. The number of aliphatic hydroxyl groups is 1. The normalized spacial score (nSPS) is 17.1. The number of carbonyl (C=O) groups is 1. The van der Waals surface area contributed by atoms with E-state index in [-0.39, 0.29) is 32.0 Å². The molecule has 0 aliphatic carbocycles. The van der Waals surface area contributed by atoms with Gasteiger partial charge < -0.3 is 34.1 Å². The molecule has 1 aliphatic rings. The van der Waals surface area contributed by atoms with Crippen LogP contribution in [0.2, 0.25) is 0 Å². The zero-order chi connectivity index (χ0) is 31.5. The second-order valence-corrected chi connectivity index (χ2v) is 10.1. The first kappa shape index (κ1) is 32.0. The highest BCUT2D eigenvalue weighted by molar-refractivity contribution is 6.01. The van der Waals surface area contributed by atoms with Crippen molar-refractivity contribution in [3.63, 3.8) is 0 Å². The number of rotatable bonds is 15. The standard InChI is InChI=1S/C32H37N5O7/c1-21-32(18-24-8-5-6-9-25(24)20-35-37-33,36-30(44-21)23-10-12-26(13-11-23)43-15-7-14-38)31(39)34-19-22-16-27(40-2)29(42-4)28(17-22)41-3/h5-6,8-13,16-17,21,38H,7,14-15,18-20H2,1-4H3,(H,34,39)/t21-,32-/m1/s1. The van der Waals surface area contributed by atoms with Gasteiger partial charge >= 0.3 is 0 Å². The Hall–Kier alpha value is -4.93. The van der Waals surface area contributed by atoms with E-state index < -0.39 is 11.6 Å². The van der Waals surface area contributed by atoms with Crippen LogP contribution in [-0.2, 0) is 29.0 Å². The Balaban J connectivity index is 1.68. The Morgan fingerprint density at radius 1 is 1.07 bits per heavy atom. The average Bonchev–Trinajstić information content (AvgIpc) is 3.39. The number of aliphatic hydroxyl groups excluding tert-OH is 1. The maximum atomic E-state index is 14.2.